The number of ether oxygens (including phenoxy) is 3. The number of rotatable bonds is 49. The minimum Gasteiger partial charge on any atom is -0.462 e. The third-order valence-electron chi connectivity index (χ3n) is 12.0. The van der Waals surface area contributed by atoms with E-state index in [9.17, 15) is 14.4 Å². The topological polar surface area (TPSA) is 78.9 Å². The number of hydrogen-bond acceptors (Lipinski definition) is 6. The zero-order valence-corrected chi connectivity index (χ0v) is 40.5. The smallest absolute Gasteiger partial charge is 0.306 e. The molecule has 0 saturated carbocycles. The summed E-state index contributed by atoms with van der Waals surface area (Å²) in [5.41, 5.74) is 0. The van der Waals surface area contributed by atoms with Gasteiger partial charge in [0.2, 0.25) is 0 Å². The molecule has 0 aromatic carbocycles. The molecule has 0 bridgehead atoms. The van der Waals surface area contributed by atoms with Crippen LogP contribution in [-0.4, -0.2) is 37.2 Å². The molecule has 0 saturated heterocycles. The maximum absolute atomic E-state index is 12.8. The van der Waals surface area contributed by atoms with E-state index in [0.29, 0.717) is 19.3 Å². The van der Waals surface area contributed by atoms with Gasteiger partial charge in [-0.05, 0) is 44.9 Å². The van der Waals surface area contributed by atoms with Gasteiger partial charge >= 0.3 is 17.9 Å². The molecule has 1 atom stereocenters. The number of unbranched alkanes of at least 4 members (excludes halogenated alkanes) is 36. The second kappa shape index (κ2) is 49.8. The Hall–Kier alpha value is -1.85. The van der Waals surface area contributed by atoms with Crippen LogP contribution in [-0.2, 0) is 28.6 Å². The van der Waals surface area contributed by atoms with Gasteiger partial charge in [-0.3, -0.25) is 14.4 Å². The number of carbonyl (C=O) groups excluding carboxylic acids is 3. The Morgan fingerprint density at radius 1 is 0.317 bits per heavy atom. The van der Waals surface area contributed by atoms with Crippen LogP contribution >= 0.6 is 0 Å². The van der Waals surface area contributed by atoms with Crippen LogP contribution in [0.1, 0.15) is 297 Å². The summed E-state index contributed by atoms with van der Waals surface area (Å²) >= 11 is 0. The first-order valence-corrected chi connectivity index (χ1v) is 26.7. The van der Waals surface area contributed by atoms with Gasteiger partial charge in [-0.2, -0.15) is 0 Å². The van der Waals surface area contributed by atoms with E-state index in [2.05, 4.69) is 32.9 Å². The van der Waals surface area contributed by atoms with E-state index in [1.165, 1.54) is 199 Å². The number of esters is 3. The zero-order valence-electron chi connectivity index (χ0n) is 40.5. The van der Waals surface area contributed by atoms with Gasteiger partial charge in [-0.1, -0.05) is 245 Å². The van der Waals surface area contributed by atoms with Crippen LogP contribution in [0.15, 0.2) is 12.2 Å². The molecule has 0 rings (SSSR count). The summed E-state index contributed by atoms with van der Waals surface area (Å²) < 4.78 is 16.8. The number of carbonyl (C=O) groups is 3. The molecule has 1 unspecified atom stereocenters. The average molecular weight is 847 g/mol. The minimum absolute atomic E-state index is 0.0666. The summed E-state index contributed by atoms with van der Waals surface area (Å²) in [7, 11) is 0. The highest BCUT2D eigenvalue weighted by Gasteiger charge is 2.19. The van der Waals surface area contributed by atoms with Gasteiger partial charge in [0.05, 0.1) is 0 Å². The lowest BCUT2D eigenvalue weighted by atomic mass is 10.0. The van der Waals surface area contributed by atoms with Crippen molar-refractivity contribution in [3.8, 4) is 0 Å². The van der Waals surface area contributed by atoms with Gasteiger partial charge in [0.15, 0.2) is 6.10 Å². The van der Waals surface area contributed by atoms with Crippen LogP contribution in [0.3, 0.4) is 0 Å². The predicted molar refractivity (Wildman–Crippen MR) is 256 cm³/mol. The first kappa shape index (κ1) is 58.1. The molecular weight excluding hydrogens is 745 g/mol. The Morgan fingerprint density at radius 2 is 0.550 bits per heavy atom. The normalized spacial score (nSPS) is 12.0. The van der Waals surface area contributed by atoms with Crippen LogP contribution in [0.5, 0.6) is 0 Å². The zero-order chi connectivity index (χ0) is 43.7. The van der Waals surface area contributed by atoms with Crippen molar-refractivity contribution in [1.29, 1.82) is 0 Å². The lowest BCUT2D eigenvalue weighted by molar-refractivity contribution is -0.167. The van der Waals surface area contributed by atoms with Gasteiger partial charge in [0, 0.05) is 19.3 Å². The second-order valence-electron chi connectivity index (χ2n) is 18.2. The molecule has 6 heteroatoms. The summed E-state index contributed by atoms with van der Waals surface area (Å²) in [5.74, 6) is -0.857. The molecule has 0 fully saturated rings. The summed E-state index contributed by atoms with van der Waals surface area (Å²) in [4.78, 5) is 37.9. The van der Waals surface area contributed by atoms with Gasteiger partial charge in [-0.25, -0.2) is 0 Å². The molecule has 0 aromatic rings. The molecule has 0 aliphatic rings. The lowest BCUT2D eigenvalue weighted by Crippen LogP contribution is -2.30. The van der Waals surface area contributed by atoms with Crippen molar-refractivity contribution in [3.63, 3.8) is 0 Å². The Kier molecular flexibility index (Phi) is 48.3. The lowest BCUT2D eigenvalue weighted by Gasteiger charge is -2.18. The molecule has 0 spiro atoms. The molecule has 0 heterocycles. The van der Waals surface area contributed by atoms with E-state index in [0.717, 1.165) is 57.8 Å². The molecule has 0 N–H and O–H groups in total. The highest BCUT2D eigenvalue weighted by molar-refractivity contribution is 5.71. The first-order valence-electron chi connectivity index (χ1n) is 26.7. The Labute approximate surface area is 373 Å². The quantitative estimate of drug-likeness (QED) is 0.0263. The molecule has 0 radical (unpaired) electrons. The predicted octanol–water partition coefficient (Wildman–Crippen LogP) is 17.4. The fraction of sp³-hybridized carbons (Fsp3) is 0.907. The monoisotopic (exact) mass is 847 g/mol. The van der Waals surface area contributed by atoms with Crippen molar-refractivity contribution < 1.29 is 28.6 Å². The molecule has 0 aliphatic carbocycles. The SMILES string of the molecule is CCCCCCCC/C=C\CCCCCCCCCC(=O)OCC(COC(=O)CCCCCCCCCC)OC(=O)CCCCCCCCCCCCCCCCCCC. The standard InChI is InChI=1S/C54H102O6/c1-4-7-10-13-16-19-21-23-25-27-29-31-33-35-38-41-44-47-53(56)59-50-51(49-58-52(55)46-43-40-37-18-15-12-9-6-3)60-54(57)48-45-42-39-36-34-32-30-28-26-24-22-20-17-14-11-8-5-2/h23,25,51H,4-22,24,26-50H2,1-3H3/b25-23-. The molecular formula is C54H102O6. The van der Waals surface area contributed by atoms with E-state index < -0.39 is 6.10 Å². The summed E-state index contributed by atoms with van der Waals surface area (Å²) in [5, 5.41) is 0. The van der Waals surface area contributed by atoms with Gasteiger partial charge in [0.25, 0.3) is 0 Å². The molecule has 354 valence electrons. The maximum Gasteiger partial charge on any atom is 0.306 e. The fourth-order valence-electron chi connectivity index (χ4n) is 7.97. The Morgan fingerprint density at radius 3 is 0.833 bits per heavy atom. The largest absolute Gasteiger partial charge is 0.462 e. The Balaban J connectivity index is 4.23. The molecule has 0 aromatic heterocycles. The minimum atomic E-state index is -0.764. The van der Waals surface area contributed by atoms with Crippen molar-refractivity contribution in [1.82, 2.24) is 0 Å². The van der Waals surface area contributed by atoms with E-state index in [1.807, 2.05) is 0 Å². The molecule has 0 aliphatic heterocycles. The first-order chi connectivity index (χ1) is 29.5. The summed E-state index contributed by atoms with van der Waals surface area (Å²) in [6.45, 7) is 6.64. The Bertz CT molecular complexity index is 931. The van der Waals surface area contributed by atoms with E-state index >= 15 is 0 Å². The van der Waals surface area contributed by atoms with Crippen LogP contribution in [0.25, 0.3) is 0 Å². The second-order valence-corrected chi connectivity index (χ2v) is 18.2. The van der Waals surface area contributed by atoms with Crippen molar-refractivity contribution in [2.24, 2.45) is 0 Å². The maximum atomic E-state index is 12.8. The van der Waals surface area contributed by atoms with Crippen molar-refractivity contribution in [2.75, 3.05) is 13.2 Å². The number of allylic oxidation sites excluding steroid dienone is 2. The fourth-order valence-corrected chi connectivity index (χ4v) is 7.97. The van der Waals surface area contributed by atoms with Gasteiger partial charge < -0.3 is 14.2 Å². The molecule has 60 heavy (non-hydrogen) atoms. The van der Waals surface area contributed by atoms with Crippen LogP contribution in [0, 0.1) is 0 Å². The summed E-state index contributed by atoms with van der Waals surface area (Å²) in [6.07, 6.45) is 54.9. The van der Waals surface area contributed by atoms with Crippen LogP contribution in [0.4, 0.5) is 0 Å². The summed E-state index contributed by atoms with van der Waals surface area (Å²) in [6, 6.07) is 0. The van der Waals surface area contributed by atoms with Gasteiger partial charge in [-0.15, -0.1) is 0 Å². The van der Waals surface area contributed by atoms with Crippen molar-refractivity contribution >= 4 is 17.9 Å². The highest BCUT2D eigenvalue weighted by atomic mass is 16.6. The molecule has 0 amide bonds. The van der Waals surface area contributed by atoms with E-state index in [-0.39, 0.29) is 31.1 Å². The van der Waals surface area contributed by atoms with E-state index in [1.54, 1.807) is 0 Å². The van der Waals surface area contributed by atoms with Gasteiger partial charge in [0.1, 0.15) is 13.2 Å². The van der Waals surface area contributed by atoms with Crippen LogP contribution < -0.4 is 0 Å². The highest BCUT2D eigenvalue weighted by Crippen LogP contribution is 2.16. The third-order valence-corrected chi connectivity index (χ3v) is 12.0. The number of hydrogen-bond donors (Lipinski definition) is 0. The van der Waals surface area contributed by atoms with Crippen LogP contribution in [0.2, 0.25) is 0 Å². The van der Waals surface area contributed by atoms with Crippen molar-refractivity contribution in [3.05, 3.63) is 12.2 Å². The average Bonchev–Trinajstić information content (AvgIpc) is 3.24. The van der Waals surface area contributed by atoms with Crippen molar-refractivity contribution in [2.45, 2.75) is 303 Å². The molecule has 6 nitrogen and oxygen atoms in total. The third kappa shape index (κ3) is 47.2. The van der Waals surface area contributed by atoms with E-state index in [4.69, 9.17) is 14.2 Å².